The predicted octanol–water partition coefficient (Wildman–Crippen LogP) is 1.61. The van der Waals surface area contributed by atoms with Gasteiger partial charge in [0.1, 0.15) is 0 Å². The second kappa shape index (κ2) is 5.99. The smallest absolute Gasteiger partial charge is 0.0850 e. The highest BCUT2D eigenvalue weighted by Crippen LogP contribution is 2.25. The van der Waals surface area contributed by atoms with Crippen LogP contribution < -0.4 is 5.73 Å². The van der Waals surface area contributed by atoms with Crippen LogP contribution in [0.15, 0.2) is 0 Å². The third-order valence-electron chi connectivity index (χ3n) is 4.01. The Balaban J connectivity index is 1.75. The fourth-order valence-corrected chi connectivity index (χ4v) is 2.95. The molecule has 1 saturated heterocycles. The molecule has 94 valence electrons. The van der Waals surface area contributed by atoms with Crippen molar-refractivity contribution >= 4 is 0 Å². The van der Waals surface area contributed by atoms with Crippen molar-refractivity contribution in [1.29, 1.82) is 0 Å². The van der Waals surface area contributed by atoms with Crippen LogP contribution in [0.2, 0.25) is 0 Å². The Labute approximate surface area is 99.3 Å². The van der Waals surface area contributed by atoms with Crippen molar-refractivity contribution in [3.05, 3.63) is 0 Å². The summed E-state index contributed by atoms with van der Waals surface area (Å²) in [5.41, 5.74) is 5.91. The SMILES string of the molecule is CC(N)C1CN(CC2CCCCC2)CCO1. The van der Waals surface area contributed by atoms with Crippen molar-refractivity contribution in [2.45, 2.75) is 51.2 Å². The van der Waals surface area contributed by atoms with Crippen molar-refractivity contribution < 1.29 is 4.74 Å². The van der Waals surface area contributed by atoms with E-state index in [0.717, 1.165) is 25.6 Å². The maximum absolute atomic E-state index is 5.91. The van der Waals surface area contributed by atoms with Gasteiger partial charge in [0.25, 0.3) is 0 Å². The fourth-order valence-electron chi connectivity index (χ4n) is 2.95. The molecular weight excluding hydrogens is 200 g/mol. The molecule has 0 amide bonds. The normalized spacial score (nSPS) is 31.5. The van der Waals surface area contributed by atoms with E-state index in [1.807, 2.05) is 0 Å². The molecule has 0 aromatic rings. The van der Waals surface area contributed by atoms with E-state index in [1.165, 1.54) is 38.6 Å². The molecule has 3 heteroatoms. The second-order valence-corrected chi connectivity index (χ2v) is 5.53. The summed E-state index contributed by atoms with van der Waals surface area (Å²) >= 11 is 0. The van der Waals surface area contributed by atoms with E-state index in [4.69, 9.17) is 10.5 Å². The monoisotopic (exact) mass is 226 g/mol. The number of nitrogens with zero attached hydrogens (tertiary/aromatic N) is 1. The zero-order valence-corrected chi connectivity index (χ0v) is 10.5. The van der Waals surface area contributed by atoms with Gasteiger partial charge in [0.2, 0.25) is 0 Å². The third-order valence-corrected chi connectivity index (χ3v) is 4.01. The lowest BCUT2D eigenvalue weighted by Gasteiger charge is -2.37. The maximum Gasteiger partial charge on any atom is 0.0850 e. The fraction of sp³-hybridized carbons (Fsp3) is 1.00. The van der Waals surface area contributed by atoms with Crippen LogP contribution in [-0.2, 0) is 4.74 Å². The Morgan fingerprint density at radius 2 is 2.06 bits per heavy atom. The van der Waals surface area contributed by atoms with Crippen LogP contribution in [-0.4, -0.2) is 43.3 Å². The number of ether oxygens (including phenoxy) is 1. The molecule has 2 fully saturated rings. The zero-order valence-electron chi connectivity index (χ0n) is 10.5. The molecule has 2 atom stereocenters. The zero-order chi connectivity index (χ0) is 11.4. The summed E-state index contributed by atoms with van der Waals surface area (Å²) in [7, 11) is 0. The van der Waals surface area contributed by atoms with Gasteiger partial charge in [-0.1, -0.05) is 19.3 Å². The Morgan fingerprint density at radius 1 is 1.31 bits per heavy atom. The molecule has 0 bridgehead atoms. The summed E-state index contributed by atoms with van der Waals surface area (Å²) in [6.45, 7) is 6.31. The van der Waals surface area contributed by atoms with Gasteiger partial charge in [-0.2, -0.15) is 0 Å². The Bertz CT molecular complexity index is 202. The Hall–Kier alpha value is -0.120. The summed E-state index contributed by atoms with van der Waals surface area (Å²) in [6, 6.07) is 0.161. The molecule has 1 aliphatic heterocycles. The highest BCUT2D eigenvalue weighted by molar-refractivity contribution is 4.79. The molecular formula is C13H26N2O. The van der Waals surface area contributed by atoms with Crippen molar-refractivity contribution in [2.75, 3.05) is 26.2 Å². The molecule has 1 heterocycles. The van der Waals surface area contributed by atoms with E-state index in [9.17, 15) is 0 Å². The van der Waals surface area contributed by atoms with Crippen LogP contribution >= 0.6 is 0 Å². The average molecular weight is 226 g/mol. The first-order valence-corrected chi connectivity index (χ1v) is 6.85. The van der Waals surface area contributed by atoms with Gasteiger partial charge >= 0.3 is 0 Å². The molecule has 2 rings (SSSR count). The standard InChI is InChI=1S/C13H26N2O/c1-11(14)13-10-15(7-8-16-13)9-12-5-3-2-4-6-12/h11-13H,2-10,14H2,1H3. The molecule has 1 saturated carbocycles. The Kier molecular flexibility index (Phi) is 4.62. The Morgan fingerprint density at radius 3 is 2.75 bits per heavy atom. The minimum atomic E-state index is 0.161. The quantitative estimate of drug-likeness (QED) is 0.794. The van der Waals surface area contributed by atoms with Crippen molar-refractivity contribution in [2.24, 2.45) is 11.7 Å². The topological polar surface area (TPSA) is 38.5 Å². The molecule has 3 nitrogen and oxygen atoms in total. The van der Waals surface area contributed by atoms with Gasteiger partial charge in [-0.15, -0.1) is 0 Å². The molecule has 0 aromatic carbocycles. The molecule has 2 unspecified atom stereocenters. The highest BCUT2D eigenvalue weighted by Gasteiger charge is 2.25. The molecule has 0 radical (unpaired) electrons. The molecule has 0 aromatic heterocycles. The number of morpholine rings is 1. The van der Waals surface area contributed by atoms with E-state index in [-0.39, 0.29) is 12.1 Å². The van der Waals surface area contributed by atoms with E-state index in [2.05, 4.69) is 11.8 Å². The van der Waals surface area contributed by atoms with Crippen LogP contribution in [0.25, 0.3) is 0 Å². The van der Waals surface area contributed by atoms with Crippen molar-refractivity contribution in [3.63, 3.8) is 0 Å². The molecule has 16 heavy (non-hydrogen) atoms. The van der Waals surface area contributed by atoms with Gasteiger partial charge in [-0.25, -0.2) is 0 Å². The third kappa shape index (κ3) is 3.44. The summed E-state index contributed by atoms with van der Waals surface area (Å²) in [5, 5.41) is 0. The van der Waals surface area contributed by atoms with Gasteiger partial charge in [0.05, 0.1) is 12.7 Å². The lowest BCUT2D eigenvalue weighted by atomic mass is 9.89. The van der Waals surface area contributed by atoms with Gasteiger partial charge in [-0.3, -0.25) is 4.90 Å². The summed E-state index contributed by atoms with van der Waals surface area (Å²) in [6.07, 6.45) is 7.43. The maximum atomic E-state index is 5.91. The molecule has 0 spiro atoms. The lowest BCUT2D eigenvalue weighted by Crippen LogP contribution is -2.50. The first kappa shape index (κ1) is 12.3. The van der Waals surface area contributed by atoms with E-state index < -0.39 is 0 Å². The van der Waals surface area contributed by atoms with Crippen LogP contribution in [0.5, 0.6) is 0 Å². The minimum Gasteiger partial charge on any atom is -0.374 e. The molecule has 2 N–H and O–H groups in total. The largest absolute Gasteiger partial charge is 0.374 e. The predicted molar refractivity (Wildman–Crippen MR) is 66.4 cm³/mol. The van der Waals surface area contributed by atoms with E-state index in [0.29, 0.717) is 0 Å². The lowest BCUT2D eigenvalue weighted by molar-refractivity contribution is -0.0430. The molecule has 1 aliphatic carbocycles. The van der Waals surface area contributed by atoms with Crippen LogP contribution in [0, 0.1) is 5.92 Å². The first-order chi connectivity index (χ1) is 7.75. The van der Waals surface area contributed by atoms with Gasteiger partial charge in [-0.05, 0) is 25.7 Å². The second-order valence-electron chi connectivity index (χ2n) is 5.53. The average Bonchev–Trinajstić information content (AvgIpc) is 2.30. The number of hydrogen-bond donors (Lipinski definition) is 1. The van der Waals surface area contributed by atoms with Crippen LogP contribution in [0.1, 0.15) is 39.0 Å². The van der Waals surface area contributed by atoms with Crippen molar-refractivity contribution in [3.8, 4) is 0 Å². The van der Waals surface area contributed by atoms with Crippen LogP contribution in [0.3, 0.4) is 0 Å². The number of hydrogen-bond acceptors (Lipinski definition) is 3. The highest BCUT2D eigenvalue weighted by atomic mass is 16.5. The van der Waals surface area contributed by atoms with Crippen LogP contribution in [0.4, 0.5) is 0 Å². The van der Waals surface area contributed by atoms with Gasteiger partial charge in [0, 0.05) is 25.7 Å². The number of nitrogens with two attached hydrogens (primary N) is 1. The molecule has 2 aliphatic rings. The first-order valence-electron chi connectivity index (χ1n) is 6.85. The summed E-state index contributed by atoms with van der Waals surface area (Å²) in [4.78, 5) is 2.56. The van der Waals surface area contributed by atoms with E-state index in [1.54, 1.807) is 0 Å². The van der Waals surface area contributed by atoms with Gasteiger partial charge < -0.3 is 10.5 Å². The van der Waals surface area contributed by atoms with Crippen molar-refractivity contribution in [1.82, 2.24) is 4.90 Å². The number of rotatable bonds is 3. The van der Waals surface area contributed by atoms with E-state index >= 15 is 0 Å². The summed E-state index contributed by atoms with van der Waals surface area (Å²) in [5.74, 6) is 0.931. The summed E-state index contributed by atoms with van der Waals surface area (Å²) < 4.78 is 5.69. The minimum absolute atomic E-state index is 0.161. The van der Waals surface area contributed by atoms with Gasteiger partial charge in [0.15, 0.2) is 0 Å².